The van der Waals surface area contributed by atoms with Crippen molar-refractivity contribution in [3.63, 3.8) is 0 Å². The Balaban J connectivity index is 0.00000676. The smallest absolute Gasteiger partial charge is 0.211 e. The number of hydrogen-bond donors (Lipinski definition) is 2. The van der Waals surface area contributed by atoms with Gasteiger partial charge in [0.2, 0.25) is 10.0 Å². The predicted octanol–water partition coefficient (Wildman–Crippen LogP) is 2.00. The molecule has 0 saturated heterocycles. The molecule has 0 heterocycles. The first-order valence-corrected chi connectivity index (χ1v) is 10.7. The van der Waals surface area contributed by atoms with E-state index in [-0.39, 0.29) is 24.0 Å². The highest BCUT2D eigenvalue weighted by molar-refractivity contribution is 14.0. The predicted molar refractivity (Wildman–Crippen MR) is 123 cm³/mol. The van der Waals surface area contributed by atoms with Crippen LogP contribution in [-0.4, -0.2) is 65.3 Å². The molecule has 1 aromatic carbocycles. The summed E-state index contributed by atoms with van der Waals surface area (Å²) < 4.78 is 30.0. The van der Waals surface area contributed by atoms with Gasteiger partial charge in [-0.3, -0.25) is 4.99 Å². The summed E-state index contributed by atoms with van der Waals surface area (Å²) in [7, 11) is 0.270. The lowest BCUT2D eigenvalue weighted by molar-refractivity contribution is 0.409. The van der Waals surface area contributed by atoms with Gasteiger partial charge in [0.1, 0.15) is 5.75 Å². The van der Waals surface area contributed by atoms with Crippen LogP contribution in [0.4, 0.5) is 0 Å². The molecular weight excluding hydrogens is 479 g/mol. The van der Waals surface area contributed by atoms with Crippen molar-refractivity contribution in [2.75, 3.05) is 46.6 Å². The van der Waals surface area contributed by atoms with Gasteiger partial charge in [-0.1, -0.05) is 24.6 Å². The molecule has 0 radical (unpaired) electrons. The summed E-state index contributed by atoms with van der Waals surface area (Å²) in [5, 5.41) is 6.49. The second-order valence-corrected chi connectivity index (χ2v) is 8.08. The van der Waals surface area contributed by atoms with Gasteiger partial charge in [0.25, 0.3) is 0 Å². The fourth-order valence-electron chi connectivity index (χ4n) is 2.66. The van der Waals surface area contributed by atoms with E-state index >= 15 is 0 Å². The summed E-state index contributed by atoms with van der Waals surface area (Å²) in [6.07, 6.45) is 2.78. The number of ether oxygens (including phenoxy) is 1. The molecule has 2 N–H and O–H groups in total. The number of sulfonamides is 1. The molecule has 0 spiro atoms. The first-order valence-electron chi connectivity index (χ1n) is 8.85. The summed E-state index contributed by atoms with van der Waals surface area (Å²) >= 11 is 0. The minimum absolute atomic E-state index is 0. The molecule has 0 atom stereocenters. The number of nitrogens with one attached hydrogen (secondary N) is 2. The summed E-state index contributed by atoms with van der Waals surface area (Å²) in [6.45, 7) is 6.27. The van der Waals surface area contributed by atoms with Crippen molar-refractivity contribution in [3.8, 4) is 5.75 Å². The molecule has 0 aliphatic heterocycles. The summed E-state index contributed by atoms with van der Waals surface area (Å²) in [6, 6.07) is 6.15. The number of aryl methyl sites for hydroxylation is 1. The average Bonchev–Trinajstić information content (AvgIpc) is 2.59. The molecule has 9 heteroatoms. The van der Waals surface area contributed by atoms with Gasteiger partial charge in [0, 0.05) is 33.2 Å². The van der Waals surface area contributed by atoms with Crippen molar-refractivity contribution in [2.24, 2.45) is 4.99 Å². The maximum atomic E-state index is 11.6. The Morgan fingerprint density at radius 3 is 2.48 bits per heavy atom. The van der Waals surface area contributed by atoms with Crippen LogP contribution >= 0.6 is 24.0 Å². The van der Waals surface area contributed by atoms with Gasteiger partial charge in [-0.25, -0.2) is 12.7 Å². The van der Waals surface area contributed by atoms with Crippen LogP contribution in [0.3, 0.4) is 0 Å². The van der Waals surface area contributed by atoms with E-state index in [2.05, 4.69) is 28.6 Å². The quantitative estimate of drug-likeness (QED) is 0.217. The Hall–Kier alpha value is -1.07. The SMILES string of the molecule is CCN(CCCNC(=NC)NCCc1cc(C)ccc1OC)S(C)(=O)=O.I. The van der Waals surface area contributed by atoms with E-state index < -0.39 is 10.0 Å². The highest BCUT2D eigenvalue weighted by atomic mass is 127. The number of hydrogen-bond acceptors (Lipinski definition) is 4. The van der Waals surface area contributed by atoms with Crippen LogP contribution < -0.4 is 15.4 Å². The van der Waals surface area contributed by atoms with Gasteiger partial charge < -0.3 is 15.4 Å². The average molecular weight is 512 g/mol. The molecule has 0 fully saturated rings. The molecule has 0 saturated carbocycles. The van der Waals surface area contributed by atoms with E-state index in [9.17, 15) is 8.42 Å². The molecule has 0 unspecified atom stereocenters. The Kier molecular flexibility index (Phi) is 12.6. The van der Waals surface area contributed by atoms with E-state index in [1.54, 1.807) is 14.2 Å². The first-order chi connectivity index (χ1) is 12.3. The molecule has 0 aliphatic carbocycles. The van der Waals surface area contributed by atoms with Gasteiger partial charge in [0.05, 0.1) is 13.4 Å². The van der Waals surface area contributed by atoms with Crippen molar-refractivity contribution >= 4 is 40.0 Å². The van der Waals surface area contributed by atoms with Crippen molar-refractivity contribution < 1.29 is 13.2 Å². The normalized spacial score (nSPS) is 11.9. The third-order valence-electron chi connectivity index (χ3n) is 4.04. The van der Waals surface area contributed by atoms with Crippen molar-refractivity contribution in [3.05, 3.63) is 29.3 Å². The zero-order chi connectivity index (χ0) is 19.6. The molecule has 27 heavy (non-hydrogen) atoms. The number of aliphatic imine (C=N–C) groups is 1. The topological polar surface area (TPSA) is 83.0 Å². The van der Waals surface area contributed by atoms with Crippen LogP contribution in [0.25, 0.3) is 0 Å². The zero-order valence-electron chi connectivity index (χ0n) is 16.9. The Labute approximate surface area is 181 Å². The highest BCUT2D eigenvalue weighted by Gasteiger charge is 2.13. The van der Waals surface area contributed by atoms with E-state index in [1.807, 2.05) is 19.1 Å². The maximum absolute atomic E-state index is 11.6. The Bertz CT molecular complexity index is 696. The molecule has 0 aliphatic rings. The molecule has 1 rings (SSSR count). The molecule has 156 valence electrons. The van der Waals surface area contributed by atoms with Crippen molar-refractivity contribution in [2.45, 2.75) is 26.7 Å². The molecule has 0 amide bonds. The number of halogens is 1. The highest BCUT2D eigenvalue weighted by Crippen LogP contribution is 2.19. The fraction of sp³-hybridized carbons (Fsp3) is 0.611. The Morgan fingerprint density at radius 1 is 1.26 bits per heavy atom. The van der Waals surface area contributed by atoms with Gasteiger partial charge in [-0.15, -0.1) is 24.0 Å². The van der Waals surface area contributed by atoms with Crippen LogP contribution in [0.2, 0.25) is 0 Å². The monoisotopic (exact) mass is 512 g/mol. The van der Waals surface area contributed by atoms with Crippen molar-refractivity contribution in [1.29, 1.82) is 0 Å². The standard InChI is InChI=1S/C18H32N4O3S.HI/c1-6-22(26(5,23)24)13-7-11-20-18(19-3)21-12-10-16-14-15(2)8-9-17(16)25-4;/h8-9,14H,6-7,10-13H2,1-5H3,(H2,19,20,21);1H. The number of benzene rings is 1. The van der Waals surface area contributed by atoms with Crippen LogP contribution in [-0.2, 0) is 16.4 Å². The van der Waals surface area contributed by atoms with Crippen LogP contribution in [0.5, 0.6) is 5.75 Å². The number of methoxy groups -OCH3 is 1. The summed E-state index contributed by atoms with van der Waals surface area (Å²) in [5.41, 5.74) is 2.36. The third kappa shape index (κ3) is 9.61. The fourth-order valence-corrected chi connectivity index (χ4v) is 3.59. The van der Waals surface area contributed by atoms with E-state index in [0.717, 1.165) is 24.3 Å². The second kappa shape index (κ2) is 13.2. The summed E-state index contributed by atoms with van der Waals surface area (Å²) in [5.74, 6) is 1.60. The lowest BCUT2D eigenvalue weighted by atomic mass is 10.1. The lowest BCUT2D eigenvalue weighted by Gasteiger charge is -2.18. The zero-order valence-corrected chi connectivity index (χ0v) is 20.1. The number of guanidine groups is 1. The lowest BCUT2D eigenvalue weighted by Crippen LogP contribution is -2.40. The van der Waals surface area contributed by atoms with Crippen molar-refractivity contribution in [1.82, 2.24) is 14.9 Å². The molecule has 0 aromatic heterocycles. The minimum Gasteiger partial charge on any atom is -0.496 e. The van der Waals surface area contributed by atoms with Crippen LogP contribution in [0.1, 0.15) is 24.5 Å². The second-order valence-electron chi connectivity index (χ2n) is 6.10. The maximum Gasteiger partial charge on any atom is 0.211 e. The van der Waals surface area contributed by atoms with Gasteiger partial charge >= 0.3 is 0 Å². The molecule has 1 aromatic rings. The van der Waals surface area contributed by atoms with E-state index in [0.29, 0.717) is 32.0 Å². The largest absolute Gasteiger partial charge is 0.496 e. The Morgan fingerprint density at radius 2 is 1.93 bits per heavy atom. The van der Waals surface area contributed by atoms with E-state index in [1.165, 1.54) is 16.1 Å². The van der Waals surface area contributed by atoms with Crippen LogP contribution in [0.15, 0.2) is 23.2 Å². The van der Waals surface area contributed by atoms with Crippen LogP contribution in [0, 0.1) is 6.92 Å². The van der Waals surface area contributed by atoms with Gasteiger partial charge in [0.15, 0.2) is 5.96 Å². The van der Waals surface area contributed by atoms with Gasteiger partial charge in [-0.05, 0) is 31.4 Å². The summed E-state index contributed by atoms with van der Waals surface area (Å²) in [4.78, 5) is 4.20. The number of nitrogens with zero attached hydrogens (tertiary/aromatic N) is 2. The first kappa shape index (κ1) is 25.9. The molecule has 7 nitrogen and oxygen atoms in total. The third-order valence-corrected chi connectivity index (χ3v) is 5.42. The minimum atomic E-state index is -3.13. The van der Waals surface area contributed by atoms with E-state index in [4.69, 9.17) is 4.74 Å². The number of rotatable bonds is 10. The molecular formula is C18H33IN4O3S. The molecule has 0 bridgehead atoms. The van der Waals surface area contributed by atoms with Gasteiger partial charge in [-0.2, -0.15) is 0 Å².